The molecule has 134 valence electrons. The highest BCUT2D eigenvalue weighted by Crippen LogP contribution is 2.13. The number of halogens is 1. The number of amides is 1. The fourth-order valence-electron chi connectivity index (χ4n) is 2.42. The Morgan fingerprint density at radius 1 is 1.23 bits per heavy atom. The number of rotatable bonds is 5. The van der Waals surface area contributed by atoms with Crippen LogP contribution in [0.1, 0.15) is 34.6 Å². The third-order valence-corrected chi connectivity index (χ3v) is 3.74. The second kappa shape index (κ2) is 6.95. The van der Waals surface area contributed by atoms with Gasteiger partial charge in [0.05, 0.1) is 16.7 Å². The van der Waals surface area contributed by atoms with Crippen molar-refractivity contribution in [3.05, 3.63) is 65.7 Å². The Morgan fingerprint density at radius 2 is 2.04 bits per heavy atom. The molecule has 3 rings (SSSR count). The Bertz CT molecular complexity index is 965. The van der Waals surface area contributed by atoms with Gasteiger partial charge >= 0.3 is 5.97 Å². The summed E-state index contributed by atoms with van der Waals surface area (Å²) in [7, 11) is 0. The lowest BCUT2D eigenvalue weighted by atomic mass is 10.1. The van der Waals surface area contributed by atoms with Crippen molar-refractivity contribution < 1.29 is 18.7 Å². The van der Waals surface area contributed by atoms with Crippen molar-refractivity contribution in [2.75, 3.05) is 6.61 Å². The van der Waals surface area contributed by atoms with Gasteiger partial charge in [0, 0.05) is 17.8 Å². The molecule has 0 spiro atoms. The van der Waals surface area contributed by atoms with Crippen LogP contribution in [0.25, 0.3) is 11.0 Å². The summed E-state index contributed by atoms with van der Waals surface area (Å²) in [6.07, 6.45) is 3.22. The number of hydrogen-bond acceptors (Lipinski definition) is 4. The molecule has 0 radical (unpaired) electrons. The van der Waals surface area contributed by atoms with Crippen LogP contribution in [0.5, 0.6) is 0 Å². The number of carbonyl (C=O) groups excluding carboxylic acids is 2. The molecule has 0 aliphatic rings. The molecule has 0 aliphatic heterocycles. The van der Waals surface area contributed by atoms with Crippen LogP contribution >= 0.6 is 0 Å². The zero-order valence-corrected chi connectivity index (χ0v) is 14.4. The molecule has 3 aromatic rings. The van der Waals surface area contributed by atoms with Crippen molar-refractivity contribution in [3.63, 3.8) is 0 Å². The monoisotopic (exact) mass is 355 g/mol. The van der Waals surface area contributed by atoms with Crippen LogP contribution in [0.2, 0.25) is 0 Å². The minimum Gasteiger partial charge on any atom is -0.460 e. The van der Waals surface area contributed by atoms with Crippen LogP contribution in [0.4, 0.5) is 4.39 Å². The highest BCUT2D eigenvalue weighted by atomic mass is 19.1. The average Bonchev–Trinajstić information content (AvgIpc) is 3.07. The largest absolute Gasteiger partial charge is 0.460 e. The number of fused-ring (bicyclic) bond motifs is 1. The summed E-state index contributed by atoms with van der Waals surface area (Å²) in [4.78, 5) is 31.6. The maximum atomic E-state index is 13.2. The SMILES string of the molecule is CC(C)(COC(=O)c1cccc(F)c1)NC(=O)c1cnc2[nH]ccc2c1. The van der Waals surface area contributed by atoms with E-state index < -0.39 is 17.3 Å². The van der Waals surface area contributed by atoms with Crippen LogP contribution in [0.15, 0.2) is 48.8 Å². The van der Waals surface area contributed by atoms with Crippen molar-refractivity contribution in [1.82, 2.24) is 15.3 Å². The molecule has 0 bridgehead atoms. The third-order valence-electron chi connectivity index (χ3n) is 3.74. The summed E-state index contributed by atoms with van der Waals surface area (Å²) >= 11 is 0. The first-order valence-corrected chi connectivity index (χ1v) is 8.02. The highest BCUT2D eigenvalue weighted by molar-refractivity contribution is 5.97. The second-order valence-corrected chi connectivity index (χ2v) is 6.56. The first-order chi connectivity index (χ1) is 12.3. The first-order valence-electron chi connectivity index (χ1n) is 8.02. The predicted octanol–water partition coefficient (Wildman–Crippen LogP) is 3.07. The molecular weight excluding hydrogens is 337 g/mol. The Labute approximate surface area is 149 Å². The molecule has 0 aliphatic carbocycles. The highest BCUT2D eigenvalue weighted by Gasteiger charge is 2.24. The van der Waals surface area contributed by atoms with E-state index in [0.717, 1.165) is 11.5 Å². The Hall–Kier alpha value is -3.22. The first kappa shape index (κ1) is 17.6. The number of carbonyl (C=O) groups is 2. The summed E-state index contributed by atoms with van der Waals surface area (Å²) < 4.78 is 18.4. The van der Waals surface area contributed by atoms with Crippen molar-refractivity contribution in [2.45, 2.75) is 19.4 Å². The molecule has 6 nitrogen and oxygen atoms in total. The number of aromatic nitrogens is 2. The van der Waals surface area contributed by atoms with E-state index in [2.05, 4.69) is 15.3 Å². The number of nitrogens with one attached hydrogen (secondary N) is 2. The molecule has 7 heteroatoms. The van der Waals surface area contributed by atoms with Gasteiger partial charge in [-0.1, -0.05) is 6.07 Å². The maximum Gasteiger partial charge on any atom is 0.338 e. The van der Waals surface area contributed by atoms with Crippen molar-refractivity contribution in [3.8, 4) is 0 Å². The van der Waals surface area contributed by atoms with Gasteiger partial charge in [-0.15, -0.1) is 0 Å². The summed E-state index contributed by atoms with van der Waals surface area (Å²) in [6.45, 7) is 3.39. The van der Waals surface area contributed by atoms with Crippen LogP contribution in [0.3, 0.4) is 0 Å². The Morgan fingerprint density at radius 3 is 2.81 bits per heavy atom. The molecule has 2 heterocycles. The lowest BCUT2D eigenvalue weighted by Crippen LogP contribution is -2.47. The molecule has 0 saturated carbocycles. The molecule has 2 aromatic heterocycles. The summed E-state index contributed by atoms with van der Waals surface area (Å²) in [5.41, 5.74) is 0.411. The quantitative estimate of drug-likeness (QED) is 0.689. The normalized spacial score (nSPS) is 11.3. The van der Waals surface area contributed by atoms with Gasteiger partial charge in [-0.25, -0.2) is 14.2 Å². The summed E-state index contributed by atoms with van der Waals surface area (Å²) in [5.74, 6) is -1.49. The number of ether oxygens (including phenoxy) is 1. The topological polar surface area (TPSA) is 84.1 Å². The van der Waals surface area contributed by atoms with E-state index in [4.69, 9.17) is 4.74 Å². The molecule has 26 heavy (non-hydrogen) atoms. The number of nitrogens with zero attached hydrogens (tertiary/aromatic N) is 1. The number of esters is 1. The number of H-pyrrole nitrogens is 1. The van der Waals surface area contributed by atoms with Gasteiger partial charge in [0.15, 0.2) is 0 Å². The molecule has 2 N–H and O–H groups in total. The van der Waals surface area contributed by atoms with Crippen LogP contribution in [0, 0.1) is 5.82 Å². The Kier molecular flexibility index (Phi) is 4.71. The van der Waals surface area contributed by atoms with Crippen molar-refractivity contribution in [1.29, 1.82) is 0 Å². The summed E-state index contributed by atoms with van der Waals surface area (Å²) in [6, 6.07) is 8.80. The fraction of sp³-hybridized carbons (Fsp3) is 0.211. The number of hydrogen-bond donors (Lipinski definition) is 2. The Balaban J connectivity index is 1.62. The molecule has 1 amide bonds. The molecular formula is C19H18FN3O3. The number of benzene rings is 1. The molecule has 0 fully saturated rings. The minimum atomic E-state index is -0.812. The number of pyridine rings is 1. The maximum absolute atomic E-state index is 13.2. The lowest BCUT2D eigenvalue weighted by molar-refractivity contribution is 0.0389. The summed E-state index contributed by atoms with van der Waals surface area (Å²) in [5, 5.41) is 3.63. The predicted molar refractivity (Wildman–Crippen MR) is 94.3 cm³/mol. The van der Waals surface area contributed by atoms with Crippen LogP contribution < -0.4 is 5.32 Å². The standard InChI is InChI=1S/C19H18FN3O3/c1-19(2,11-26-18(25)13-4-3-5-15(20)9-13)23-17(24)14-8-12-6-7-21-16(12)22-10-14/h3-10H,11H2,1-2H3,(H,21,22)(H,23,24). The third kappa shape index (κ3) is 4.05. The van der Waals surface area contributed by atoms with Crippen LogP contribution in [-0.4, -0.2) is 34.0 Å². The smallest absolute Gasteiger partial charge is 0.338 e. The van der Waals surface area contributed by atoms with E-state index in [1.165, 1.54) is 24.4 Å². The zero-order chi connectivity index (χ0) is 18.7. The molecule has 1 aromatic carbocycles. The van der Waals surface area contributed by atoms with Gasteiger partial charge in [-0.3, -0.25) is 4.79 Å². The van der Waals surface area contributed by atoms with Crippen molar-refractivity contribution in [2.24, 2.45) is 0 Å². The van der Waals surface area contributed by atoms with Gasteiger partial charge < -0.3 is 15.0 Å². The van der Waals surface area contributed by atoms with Gasteiger partial charge in [0.1, 0.15) is 18.1 Å². The van der Waals surface area contributed by atoms with Gasteiger partial charge in [-0.05, 0) is 44.2 Å². The van der Waals surface area contributed by atoms with Gasteiger partial charge in [-0.2, -0.15) is 0 Å². The van der Waals surface area contributed by atoms with Gasteiger partial charge in [0.25, 0.3) is 5.91 Å². The minimum absolute atomic E-state index is 0.0616. The van der Waals surface area contributed by atoms with E-state index in [0.29, 0.717) is 11.2 Å². The lowest BCUT2D eigenvalue weighted by Gasteiger charge is -2.25. The fourth-order valence-corrected chi connectivity index (χ4v) is 2.42. The second-order valence-electron chi connectivity index (χ2n) is 6.56. The van der Waals surface area contributed by atoms with E-state index in [9.17, 15) is 14.0 Å². The molecule has 0 atom stereocenters. The van der Waals surface area contributed by atoms with E-state index in [1.54, 1.807) is 26.1 Å². The number of aromatic amines is 1. The van der Waals surface area contributed by atoms with E-state index in [1.807, 2.05) is 6.07 Å². The van der Waals surface area contributed by atoms with Crippen molar-refractivity contribution >= 4 is 22.9 Å². The molecule has 0 unspecified atom stereocenters. The van der Waals surface area contributed by atoms with E-state index >= 15 is 0 Å². The van der Waals surface area contributed by atoms with Gasteiger partial charge in [0.2, 0.25) is 0 Å². The van der Waals surface area contributed by atoms with Crippen LogP contribution in [-0.2, 0) is 4.74 Å². The zero-order valence-electron chi connectivity index (χ0n) is 14.4. The average molecular weight is 355 g/mol. The van der Waals surface area contributed by atoms with E-state index in [-0.39, 0.29) is 18.1 Å². The molecule has 0 saturated heterocycles.